The van der Waals surface area contributed by atoms with E-state index in [2.05, 4.69) is 0 Å². The maximum Gasteiger partial charge on any atom is 0.123 e. The Bertz CT molecular complexity index is 325. The van der Waals surface area contributed by atoms with Crippen LogP contribution in [0.1, 0.15) is 55.9 Å². The van der Waals surface area contributed by atoms with E-state index in [-0.39, 0.29) is 11.2 Å². The first-order chi connectivity index (χ1) is 8.27. The lowest BCUT2D eigenvalue weighted by molar-refractivity contribution is 0.368. The van der Waals surface area contributed by atoms with Crippen LogP contribution in [0.25, 0.3) is 0 Å². The first-order valence-corrected chi connectivity index (χ1v) is 7.10. The molecular formula is C15H20ClF. The molecule has 0 aromatic heterocycles. The van der Waals surface area contributed by atoms with Crippen molar-refractivity contribution in [2.45, 2.75) is 50.3 Å². The smallest absolute Gasteiger partial charge is 0.123 e. The van der Waals surface area contributed by atoms with Gasteiger partial charge in [0.15, 0.2) is 0 Å². The summed E-state index contributed by atoms with van der Waals surface area (Å²) in [5, 5.41) is 0.0497. The highest BCUT2D eigenvalue weighted by atomic mass is 35.5. The molecule has 0 heterocycles. The van der Waals surface area contributed by atoms with Crippen LogP contribution in [-0.4, -0.2) is 0 Å². The fourth-order valence-corrected chi connectivity index (χ4v) is 3.10. The molecule has 1 atom stereocenters. The summed E-state index contributed by atoms with van der Waals surface area (Å²) in [6, 6.07) is 6.67. The molecular weight excluding hydrogens is 235 g/mol. The average Bonchev–Trinajstić information content (AvgIpc) is 2.29. The van der Waals surface area contributed by atoms with E-state index in [4.69, 9.17) is 11.6 Å². The summed E-state index contributed by atoms with van der Waals surface area (Å²) in [6.45, 7) is 0. The van der Waals surface area contributed by atoms with Gasteiger partial charge in [-0.3, -0.25) is 0 Å². The summed E-state index contributed by atoms with van der Waals surface area (Å²) >= 11 is 6.54. The predicted molar refractivity (Wildman–Crippen MR) is 70.8 cm³/mol. The summed E-state index contributed by atoms with van der Waals surface area (Å²) in [4.78, 5) is 0. The van der Waals surface area contributed by atoms with Gasteiger partial charge in [-0.1, -0.05) is 44.2 Å². The number of benzene rings is 1. The van der Waals surface area contributed by atoms with Crippen molar-refractivity contribution in [3.63, 3.8) is 0 Å². The Morgan fingerprint density at radius 2 is 1.47 bits per heavy atom. The lowest BCUT2D eigenvalue weighted by Crippen LogP contribution is -2.10. The van der Waals surface area contributed by atoms with Gasteiger partial charge in [0.1, 0.15) is 5.82 Å². The zero-order valence-corrected chi connectivity index (χ0v) is 10.9. The van der Waals surface area contributed by atoms with Crippen LogP contribution < -0.4 is 0 Å². The minimum atomic E-state index is -0.185. The molecule has 1 saturated carbocycles. The number of halogens is 2. The van der Waals surface area contributed by atoms with Gasteiger partial charge in [0.2, 0.25) is 0 Å². The second-order valence-electron chi connectivity index (χ2n) is 5.06. The third-order valence-electron chi connectivity index (χ3n) is 3.75. The zero-order chi connectivity index (χ0) is 12.1. The summed E-state index contributed by atoms with van der Waals surface area (Å²) < 4.78 is 12.9. The molecule has 1 unspecified atom stereocenters. The van der Waals surface area contributed by atoms with Gasteiger partial charge in [0, 0.05) is 0 Å². The van der Waals surface area contributed by atoms with Crippen LogP contribution in [0.2, 0.25) is 0 Å². The van der Waals surface area contributed by atoms with E-state index in [0.29, 0.717) is 5.92 Å². The molecule has 2 heteroatoms. The van der Waals surface area contributed by atoms with E-state index in [1.54, 1.807) is 0 Å². The SMILES string of the molecule is Fc1ccc(C(Cl)C2CCCCCCC2)cc1. The van der Waals surface area contributed by atoms with E-state index in [0.717, 1.165) is 5.56 Å². The quantitative estimate of drug-likeness (QED) is 0.614. The summed E-state index contributed by atoms with van der Waals surface area (Å²) in [6.07, 6.45) is 9.05. The van der Waals surface area contributed by atoms with Crippen LogP contribution in [0.15, 0.2) is 24.3 Å². The highest BCUT2D eigenvalue weighted by Gasteiger charge is 2.21. The Morgan fingerprint density at radius 1 is 0.941 bits per heavy atom. The number of hydrogen-bond acceptors (Lipinski definition) is 0. The summed E-state index contributed by atoms with van der Waals surface area (Å²) in [7, 11) is 0. The Balaban J connectivity index is 2.01. The van der Waals surface area contributed by atoms with Crippen LogP contribution in [0.4, 0.5) is 4.39 Å². The van der Waals surface area contributed by atoms with Gasteiger partial charge in [-0.15, -0.1) is 11.6 Å². The molecule has 0 aliphatic heterocycles. The Kier molecular flexibility index (Phi) is 4.85. The minimum absolute atomic E-state index is 0.0497. The topological polar surface area (TPSA) is 0 Å². The second-order valence-corrected chi connectivity index (χ2v) is 5.53. The zero-order valence-electron chi connectivity index (χ0n) is 10.2. The number of hydrogen-bond donors (Lipinski definition) is 0. The standard InChI is InChI=1S/C15H20ClF/c16-15(13-8-10-14(17)11-9-13)12-6-4-2-1-3-5-7-12/h8-12,15H,1-7H2. The van der Waals surface area contributed by atoms with E-state index >= 15 is 0 Å². The van der Waals surface area contributed by atoms with Crippen molar-refractivity contribution in [1.82, 2.24) is 0 Å². The van der Waals surface area contributed by atoms with Gasteiger partial charge in [-0.25, -0.2) is 4.39 Å². The molecule has 17 heavy (non-hydrogen) atoms. The van der Waals surface area contributed by atoms with Crippen molar-refractivity contribution in [3.8, 4) is 0 Å². The van der Waals surface area contributed by atoms with Gasteiger partial charge in [0.05, 0.1) is 5.38 Å². The number of alkyl halides is 1. The van der Waals surface area contributed by atoms with Gasteiger partial charge in [-0.05, 0) is 36.5 Å². The van der Waals surface area contributed by atoms with Gasteiger partial charge < -0.3 is 0 Å². The predicted octanol–water partition coefficient (Wildman–Crippen LogP) is 5.47. The average molecular weight is 255 g/mol. The van der Waals surface area contributed by atoms with Crippen LogP contribution in [-0.2, 0) is 0 Å². The first-order valence-electron chi connectivity index (χ1n) is 6.67. The molecule has 1 aliphatic rings. The highest BCUT2D eigenvalue weighted by Crippen LogP contribution is 2.37. The van der Waals surface area contributed by atoms with Crippen LogP contribution in [0.5, 0.6) is 0 Å². The molecule has 1 aromatic rings. The Labute approximate surface area is 108 Å². The monoisotopic (exact) mass is 254 g/mol. The molecule has 0 nitrogen and oxygen atoms in total. The highest BCUT2D eigenvalue weighted by molar-refractivity contribution is 6.21. The van der Waals surface area contributed by atoms with E-state index in [1.807, 2.05) is 12.1 Å². The van der Waals surface area contributed by atoms with Crippen molar-refractivity contribution in [1.29, 1.82) is 0 Å². The molecule has 0 spiro atoms. The molecule has 1 aromatic carbocycles. The molecule has 0 saturated heterocycles. The van der Waals surface area contributed by atoms with Crippen molar-refractivity contribution in [2.75, 3.05) is 0 Å². The third-order valence-corrected chi connectivity index (χ3v) is 4.36. The van der Waals surface area contributed by atoms with E-state index in [9.17, 15) is 4.39 Å². The van der Waals surface area contributed by atoms with Crippen LogP contribution in [0, 0.1) is 11.7 Å². The Morgan fingerprint density at radius 3 is 2.06 bits per heavy atom. The van der Waals surface area contributed by atoms with Crippen molar-refractivity contribution >= 4 is 11.6 Å². The molecule has 0 radical (unpaired) electrons. The molecule has 2 rings (SSSR count). The van der Waals surface area contributed by atoms with Gasteiger partial charge in [-0.2, -0.15) is 0 Å². The van der Waals surface area contributed by atoms with Crippen LogP contribution >= 0.6 is 11.6 Å². The van der Waals surface area contributed by atoms with Crippen molar-refractivity contribution in [3.05, 3.63) is 35.6 Å². The molecule has 1 fully saturated rings. The molecule has 0 N–H and O–H groups in total. The van der Waals surface area contributed by atoms with Crippen molar-refractivity contribution in [2.24, 2.45) is 5.92 Å². The molecule has 0 bridgehead atoms. The number of rotatable bonds is 2. The van der Waals surface area contributed by atoms with Crippen LogP contribution in [0.3, 0.4) is 0 Å². The maximum atomic E-state index is 12.9. The normalized spacial score (nSPS) is 20.6. The molecule has 1 aliphatic carbocycles. The largest absolute Gasteiger partial charge is 0.207 e. The molecule has 0 amide bonds. The Hall–Kier alpha value is -0.560. The van der Waals surface area contributed by atoms with E-state index in [1.165, 1.54) is 57.1 Å². The van der Waals surface area contributed by atoms with Gasteiger partial charge >= 0.3 is 0 Å². The fraction of sp³-hybridized carbons (Fsp3) is 0.600. The second kappa shape index (κ2) is 6.39. The van der Waals surface area contributed by atoms with Gasteiger partial charge in [0.25, 0.3) is 0 Å². The maximum absolute atomic E-state index is 12.9. The lowest BCUT2D eigenvalue weighted by atomic mass is 9.86. The first kappa shape index (κ1) is 12.9. The minimum Gasteiger partial charge on any atom is -0.207 e. The fourth-order valence-electron chi connectivity index (χ4n) is 2.70. The summed E-state index contributed by atoms with van der Waals surface area (Å²) in [5.41, 5.74) is 1.07. The van der Waals surface area contributed by atoms with Crippen molar-refractivity contribution < 1.29 is 4.39 Å². The lowest BCUT2D eigenvalue weighted by Gasteiger charge is -2.24. The molecule has 94 valence electrons. The third kappa shape index (κ3) is 3.70. The summed E-state index contributed by atoms with van der Waals surface area (Å²) in [5.74, 6) is 0.373. The van der Waals surface area contributed by atoms with E-state index < -0.39 is 0 Å².